The molecule has 9 nitrogen and oxygen atoms in total. The molecule has 2 heterocycles. The minimum atomic E-state index is -0.286. The van der Waals surface area contributed by atoms with Crippen LogP contribution in [0.2, 0.25) is 0 Å². The molecule has 2 saturated heterocycles. The van der Waals surface area contributed by atoms with Crippen LogP contribution in [0.15, 0.2) is 12.8 Å². The third kappa shape index (κ3) is 8.33. The standard InChI is InChI=1S/C26H44N4O5/c1-7-27-17-21(31)29(23(27)33)19-25(3,4)13-9-11-15-35-16-12-10-14-26(5,6)20-30-22(32)18-28(8-2)24(30)34/h7H,1,8-20H2,2-6H3. The molecule has 0 saturated carbocycles. The Hall–Kier alpha value is -2.42. The highest BCUT2D eigenvalue weighted by molar-refractivity contribution is 6.02. The van der Waals surface area contributed by atoms with E-state index in [1.165, 1.54) is 20.9 Å². The Morgan fingerprint density at radius 3 is 1.71 bits per heavy atom. The van der Waals surface area contributed by atoms with Crippen LogP contribution in [0.25, 0.3) is 0 Å². The summed E-state index contributed by atoms with van der Waals surface area (Å²) in [6.45, 7) is 16.9. The number of amides is 6. The van der Waals surface area contributed by atoms with Crippen LogP contribution < -0.4 is 0 Å². The van der Waals surface area contributed by atoms with Crippen LogP contribution in [-0.2, 0) is 14.3 Å². The third-order valence-corrected chi connectivity index (χ3v) is 6.77. The molecule has 0 unspecified atom stereocenters. The van der Waals surface area contributed by atoms with Crippen molar-refractivity contribution >= 4 is 23.9 Å². The van der Waals surface area contributed by atoms with Crippen LogP contribution in [0.5, 0.6) is 0 Å². The summed E-state index contributed by atoms with van der Waals surface area (Å²) in [6.07, 6.45) is 7.05. The van der Waals surface area contributed by atoms with E-state index in [9.17, 15) is 19.2 Å². The van der Waals surface area contributed by atoms with Crippen LogP contribution in [0.4, 0.5) is 9.59 Å². The average Bonchev–Trinajstić information content (AvgIpc) is 3.21. The van der Waals surface area contributed by atoms with E-state index < -0.39 is 0 Å². The summed E-state index contributed by atoms with van der Waals surface area (Å²) in [4.78, 5) is 54.4. The fourth-order valence-corrected chi connectivity index (χ4v) is 4.59. The second-order valence-electron chi connectivity index (χ2n) is 11.2. The molecule has 0 N–H and O–H groups in total. The fourth-order valence-electron chi connectivity index (χ4n) is 4.59. The van der Waals surface area contributed by atoms with E-state index in [4.69, 9.17) is 4.74 Å². The number of rotatable bonds is 16. The van der Waals surface area contributed by atoms with E-state index in [0.717, 1.165) is 38.5 Å². The van der Waals surface area contributed by atoms with Gasteiger partial charge in [-0.05, 0) is 43.4 Å². The van der Waals surface area contributed by atoms with Gasteiger partial charge in [-0.25, -0.2) is 9.59 Å². The molecular formula is C26H44N4O5. The van der Waals surface area contributed by atoms with Gasteiger partial charge >= 0.3 is 12.1 Å². The second kappa shape index (κ2) is 12.5. The van der Waals surface area contributed by atoms with Crippen molar-refractivity contribution in [1.82, 2.24) is 19.6 Å². The maximum absolute atomic E-state index is 12.3. The van der Waals surface area contributed by atoms with Crippen molar-refractivity contribution in [3.05, 3.63) is 12.8 Å². The Morgan fingerprint density at radius 2 is 1.29 bits per heavy atom. The topological polar surface area (TPSA) is 90.5 Å². The lowest BCUT2D eigenvalue weighted by Gasteiger charge is -2.29. The van der Waals surface area contributed by atoms with Gasteiger partial charge in [-0.15, -0.1) is 0 Å². The van der Waals surface area contributed by atoms with E-state index in [0.29, 0.717) is 32.8 Å². The van der Waals surface area contributed by atoms with Crippen LogP contribution in [-0.4, -0.2) is 89.4 Å². The van der Waals surface area contributed by atoms with Gasteiger partial charge in [-0.2, -0.15) is 0 Å². The van der Waals surface area contributed by atoms with E-state index in [2.05, 4.69) is 34.3 Å². The molecule has 2 aliphatic heterocycles. The minimum absolute atomic E-state index is 0.0788. The molecule has 9 heteroatoms. The van der Waals surface area contributed by atoms with Crippen LogP contribution >= 0.6 is 0 Å². The van der Waals surface area contributed by atoms with Gasteiger partial charge in [0, 0.05) is 39.0 Å². The van der Waals surface area contributed by atoms with Gasteiger partial charge in [0.15, 0.2) is 0 Å². The molecule has 35 heavy (non-hydrogen) atoms. The first kappa shape index (κ1) is 28.8. The molecule has 0 aliphatic carbocycles. The van der Waals surface area contributed by atoms with Crippen molar-refractivity contribution in [3.63, 3.8) is 0 Å². The highest BCUT2D eigenvalue weighted by atomic mass is 16.5. The summed E-state index contributed by atoms with van der Waals surface area (Å²) in [5.41, 5.74) is -0.276. The molecule has 2 fully saturated rings. The molecule has 0 spiro atoms. The minimum Gasteiger partial charge on any atom is -0.381 e. The Morgan fingerprint density at radius 1 is 0.800 bits per heavy atom. The number of imide groups is 2. The summed E-state index contributed by atoms with van der Waals surface area (Å²) >= 11 is 0. The maximum Gasteiger partial charge on any atom is 0.331 e. The number of carbonyl (C=O) groups excluding carboxylic acids is 4. The highest BCUT2D eigenvalue weighted by Crippen LogP contribution is 2.28. The first-order valence-corrected chi connectivity index (χ1v) is 12.8. The molecular weight excluding hydrogens is 448 g/mol. The van der Waals surface area contributed by atoms with Crippen LogP contribution in [0.3, 0.4) is 0 Å². The fraction of sp³-hybridized carbons (Fsp3) is 0.769. The first-order chi connectivity index (χ1) is 16.4. The van der Waals surface area contributed by atoms with E-state index in [-0.39, 0.29) is 47.8 Å². The maximum atomic E-state index is 12.3. The summed E-state index contributed by atoms with van der Waals surface area (Å²) in [5, 5.41) is 0. The lowest BCUT2D eigenvalue weighted by atomic mass is 9.86. The summed E-state index contributed by atoms with van der Waals surface area (Å²) in [7, 11) is 0. The molecule has 198 valence electrons. The number of likely N-dealkylation sites (N-methyl/N-ethyl adjacent to an activating group) is 1. The van der Waals surface area contributed by atoms with Gasteiger partial charge in [-0.3, -0.25) is 24.3 Å². The van der Waals surface area contributed by atoms with Crippen LogP contribution in [0.1, 0.15) is 73.1 Å². The number of hydrogen-bond donors (Lipinski definition) is 0. The number of urea groups is 2. The number of carbonyl (C=O) groups is 4. The van der Waals surface area contributed by atoms with Crippen LogP contribution in [0, 0.1) is 10.8 Å². The van der Waals surface area contributed by atoms with Crippen molar-refractivity contribution in [2.45, 2.75) is 73.1 Å². The summed E-state index contributed by atoms with van der Waals surface area (Å²) in [5.74, 6) is -0.273. The molecule has 0 aromatic carbocycles. The van der Waals surface area contributed by atoms with Gasteiger partial charge < -0.3 is 9.64 Å². The van der Waals surface area contributed by atoms with Gasteiger partial charge in [0.25, 0.3) is 5.91 Å². The van der Waals surface area contributed by atoms with Crippen molar-refractivity contribution < 1.29 is 23.9 Å². The van der Waals surface area contributed by atoms with Crippen molar-refractivity contribution in [2.75, 3.05) is 45.9 Å². The molecule has 2 rings (SSSR count). The number of nitrogens with zero attached hydrogens (tertiary/aromatic N) is 4. The zero-order valence-corrected chi connectivity index (χ0v) is 22.3. The van der Waals surface area contributed by atoms with Gasteiger partial charge in [0.1, 0.15) is 13.1 Å². The largest absolute Gasteiger partial charge is 0.381 e. The first-order valence-electron chi connectivity index (χ1n) is 12.8. The Kier molecular flexibility index (Phi) is 10.3. The van der Waals surface area contributed by atoms with Gasteiger partial charge in [0.05, 0.1) is 0 Å². The predicted molar refractivity (Wildman–Crippen MR) is 134 cm³/mol. The van der Waals surface area contributed by atoms with Crippen molar-refractivity contribution in [2.24, 2.45) is 10.8 Å². The second-order valence-corrected chi connectivity index (χ2v) is 11.2. The SMILES string of the molecule is C=CN1CC(=O)N(CC(C)(C)CCCCOCCCCC(C)(C)CN2C(=O)CN(CC)C2=O)C1=O. The zero-order chi connectivity index (χ0) is 26.2. The quantitative estimate of drug-likeness (QED) is 0.239. The number of ether oxygens (including phenoxy) is 1. The predicted octanol–water partition coefficient (Wildman–Crippen LogP) is 4.09. The van der Waals surface area contributed by atoms with E-state index in [1.807, 2.05) is 6.92 Å². The Bertz CT molecular complexity index is 795. The summed E-state index contributed by atoms with van der Waals surface area (Å²) in [6, 6.07) is -0.458. The summed E-state index contributed by atoms with van der Waals surface area (Å²) < 4.78 is 5.79. The Balaban J connectivity index is 1.56. The normalized spacial score (nSPS) is 17.4. The van der Waals surface area contributed by atoms with Gasteiger partial charge in [-0.1, -0.05) is 47.1 Å². The molecule has 0 bridgehead atoms. The molecule has 0 aromatic rings. The molecule has 0 aromatic heterocycles. The average molecular weight is 493 g/mol. The monoisotopic (exact) mass is 492 g/mol. The molecule has 6 amide bonds. The van der Waals surface area contributed by atoms with E-state index in [1.54, 1.807) is 4.90 Å². The lowest BCUT2D eigenvalue weighted by Crippen LogP contribution is -2.39. The third-order valence-electron chi connectivity index (χ3n) is 6.77. The van der Waals surface area contributed by atoms with Crippen molar-refractivity contribution in [1.29, 1.82) is 0 Å². The zero-order valence-electron chi connectivity index (χ0n) is 22.3. The molecule has 2 aliphatic rings. The molecule has 0 radical (unpaired) electrons. The van der Waals surface area contributed by atoms with E-state index >= 15 is 0 Å². The Labute approximate surface area is 210 Å². The smallest absolute Gasteiger partial charge is 0.331 e. The number of unbranched alkanes of at least 4 members (excludes halogenated alkanes) is 2. The lowest BCUT2D eigenvalue weighted by molar-refractivity contribution is -0.127. The highest BCUT2D eigenvalue weighted by Gasteiger charge is 2.39. The van der Waals surface area contributed by atoms with Gasteiger partial charge in [0.2, 0.25) is 5.91 Å². The number of hydrogen-bond acceptors (Lipinski definition) is 5. The van der Waals surface area contributed by atoms with Crippen molar-refractivity contribution in [3.8, 4) is 0 Å². The molecule has 0 atom stereocenters.